The fraction of sp³-hybridized carbons (Fsp3) is 0.375. The highest BCUT2D eigenvalue weighted by atomic mass is 16.5. The Morgan fingerprint density at radius 1 is 1.50 bits per heavy atom. The van der Waals surface area contributed by atoms with Gasteiger partial charge in [-0.1, -0.05) is 0 Å². The van der Waals surface area contributed by atoms with E-state index in [0.29, 0.717) is 0 Å². The third-order valence-electron chi connectivity index (χ3n) is 0.920. The van der Waals surface area contributed by atoms with Gasteiger partial charge in [-0.05, 0) is 6.92 Å². The minimum Gasteiger partial charge on any atom is -0.481 e. The molecule has 0 bridgehead atoms. The Kier molecular flexibility index (Phi) is 4.98. The maximum Gasteiger partial charge on any atom is 0.310 e. The van der Waals surface area contributed by atoms with Gasteiger partial charge >= 0.3 is 12.0 Å². The molecule has 0 aliphatic rings. The van der Waals surface area contributed by atoms with Gasteiger partial charge in [-0.25, -0.2) is 4.98 Å². The molecular formula is C8H12N2O4. The average molecular weight is 200 g/mol. The number of aromatic amines is 1. The summed E-state index contributed by atoms with van der Waals surface area (Å²) in [5.41, 5.74) is 0.872. The van der Waals surface area contributed by atoms with Gasteiger partial charge in [-0.3, -0.25) is 9.59 Å². The van der Waals surface area contributed by atoms with Crippen LogP contribution in [0, 0.1) is 6.92 Å². The van der Waals surface area contributed by atoms with Gasteiger partial charge in [0.2, 0.25) is 0 Å². The van der Waals surface area contributed by atoms with Gasteiger partial charge in [0.15, 0.2) is 0 Å². The van der Waals surface area contributed by atoms with Crippen molar-refractivity contribution in [3.8, 4) is 6.01 Å². The number of imidazole rings is 1. The Morgan fingerprint density at radius 2 is 2.00 bits per heavy atom. The van der Waals surface area contributed by atoms with Crippen molar-refractivity contribution in [1.29, 1.82) is 0 Å². The summed E-state index contributed by atoms with van der Waals surface area (Å²) < 4.78 is 4.63. The highest BCUT2D eigenvalue weighted by molar-refractivity contribution is 5.68. The molecule has 0 aromatic carbocycles. The second kappa shape index (κ2) is 5.74. The van der Waals surface area contributed by atoms with Crippen LogP contribution in [0.1, 0.15) is 19.5 Å². The molecule has 0 spiro atoms. The number of aromatic nitrogens is 2. The number of carbonyl (C=O) groups excluding carboxylic acids is 1. The standard InChI is InChI=1S/C6H8N2O2.C2H4O2/c1-4-3-7-6(8-4)10-5(2)9;1-2(3)4/h3H,1-2H3,(H,7,8);1H3,(H,3,4). The molecule has 0 fully saturated rings. The third kappa shape index (κ3) is 6.84. The first-order valence-corrected chi connectivity index (χ1v) is 3.81. The monoisotopic (exact) mass is 200 g/mol. The number of hydrogen-bond acceptors (Lipinski definition) is 4. The minimum absolute atomic E-state index is 0.255. The maximum absolute atomic E-state index is 10.3. The van der Waals surface area contributed by atoms with E-state index >= 15 is 0 Å². The van der Waals surface area contributed by atoms with Gasteiger partial charge in [0.05, 0.1) is 6.20 Å². The van der Waals surface area contributed by atoms with Crippen molar-refractivity contribution in [2.45, 2.75) is 20.8 Å². The third-order valence-corrected chi connectivity index (χ3v) is 0.920. The molecule has 0 amide bonds. The number of esters is 1. The van der Waals surface area contributed by atoms with Gasteiger partial charge in [-0.15, -0.1) is 0 Å². The van der Waals surface area contributed by atoms with Gasteiger partial charge < -0.3 is 14.8 Å². The van der Waals surface area contributed by atoms with Crippen molar-refractivity contribution >= 4 is 11.9 Å². The number of aliphatic carboxylic acids is 1. The molecule has 0 aliphatic heterocycles. The van der Waals surface area contributed by atoms with Crippen LogP contribution in [0.2, 0.25) is 0 Å². The number of aryl methyl sites for hydroxylation is 1. The molecule has 6 heteroatoms. The Morgan fingerprint density at radius 3 is 2.29 bits per heavy atom. The summed E-state index contributed by atoms with van der Waals surface area (Å²) in [5.74, 6) is -1.20. The fourth-order valence-corrected chi connectivity index (χ4v) is 0.577. The predicted molar refractivity (Wildman–Crippen MR) is 47.9 cm³/mol. The predicted octanol–water partition coefficient (Wildman–Crippen LogP) is 0.734. The number of carbonyl (C=O) groups is 2. The van der Waals surface area contributed by atoms with Crippen molar-refractivity contribution in [3.63, 3.8) is 0 Å². The molecule has 6 nitrogen and oxygen atoms in total. The number of ether oxygens (including phenoxy) is 1. The Hall–Kier alpha value is -1.85. The lowest BCUT2D eigenvalue weighted by molar-refractivity contribution is -0.134. The largest absolute Gasteiger partial charge is 0.481 e. The highest BCUT2D eigenvalue weighted by Gasteiger charge is 1.99. The first-order valence-electron chi connectivity index (χ1n) is 3.81. The lowest BCUT2D eigenvalue weighted by Crippen LogP contribution is -2.02. The summed E-state index contributed by atoms with van der Waals surface area (Å²) in [7, 11) is 0. The zero-order valence-corrected chi connectivity index (χ0v) is 8.20. The number of hydrogen-bond donors (Lipinski definition) is 2. The van der Waals surface area contributed by atoms with E-state index in [-0.39, 0.29) is 12.0 Å². The number of nitrogens with one attached hydrogen (secondary N) is 1. The van der Waals surface area contributed by atoms with Crippen LogP contribution in [-0.4, -0.2) is 27.0 Å². The van der Waals surface area contributed by atoms with Gasteiger partial charge in [0.1, 0.15) is 0 Å². The molecule has 0 saturated heterocycles. The molecule has 1 rings (SSSR count). The van der Waals surface area contributed by atoms with Crippen LogP contribution in [0.5, 0.6) is 6.01 Å². The average Bonchev–Trinajstić information content (AvgIpc) is 2.32. The molecule has 1 aromatic rings. The zero-order valence-electron chi connectivity index (χ0n) is 8.20. The summed E-state index contributed by atoms with van der Waals surface area (Å²) >= 11 is 0. The van der Waals surface area contributed by atoms with Crippen molar-refractivity contribution in [1.82, 2.24) is 9.97 Å². The lowest BCUT2D eigenvalue weighted by atomic mass is 10.6. The summed E-state index contributed by atoms with van der Waals surface area (Å²) in [6.45, 7) is 4.25. The molecule has 1 heterocycles. The van der Waals surface area contributed by atoms with E-state index in [2.05, 4.69) is 14.7 Å². The molecular weight excluding hydrogens is 188 g/mol. The van der Waals surface area contributed by atoms with E-state index in [0.717, 1.165) is 12.6 Å². The molecule has 1 aromatic heterocycles. The molecule has 78 valence electrons. The van der Waals surface area contributed by atoms with Gasteiger partial charge in [-0.2, -0.15) is 0 Å². The van der Waals surface area contributed by atoms with Crippen molar-refractivity contribution in [2.24, 2.45) is 0 Å². The number of carboxylic acids is 1. The van der Waals surface area contributed by atoms with Crippen molar-refractivity contribution in [3.05, 3.63) is 11.9 Å². The van der Waals surface area contributed by atoms with Crippen molar-refractivity contribution < 1.29 is 19.4 Å². The fourth-order valence-electron chi connectivity index (χ4n) is 0.577. The van der Waals surface area contributed by atoms with E-state index < -0.39 is 5.97 Å². The highest BCUT2D eigenvalue weighted by Crippen LogP contribution is 2.02. The van der Waals surface area contributed by atoms with Crippen LogP contribution < -0.4 is 4.74 Å². The van der Waals surface area contributed by atoms with E-state index in [1.807, 2.05) is 6.92 Å². The second-order valence-corrected chi connectivity index (χ2v) is 2.48. The molecule has 14 heavy (non-hydrogen) atoms. The summed E-state index contributed by atoms with van der Waals surface area (Å²) in [4.78, 5) is 25.9. The summed E-state index contributed by atoms with van der Waals surface area (Å²) in [6, 6.07) is 0.255. The van der Waals surface area contributed by atoms with Crippen LogP contribution in [0.25, 0.3) is 0 Å². The van der Waals surface area contributed by atoms with E-state index in [9.17, 15) is 4.79 Å². The van der Waals surface area contributed by atoms with Crippen molar-refractivity contribution in [2.75, 3.05) is 0 Å². The SMILES string of the molecule is CC(=O)O.CC(=O)Oc1ncc(C)[nH]1. The number of H-pyrrole nitrogens is 1. The number of nitrogens with zero attached hydrogens (tertiary/aromatic N) is 1. The van der Waals surface area contributed by atoms with E-state index in [1.54, 1.807) is 6.20 Å². The normalized spacial score (nSPS) is 8.50. The minimum atomic E-state index is -0.833. The summed E-state index contributed by atoms with van der Waals surface area (Å²) in [5, 5.41) is 7.42. The van der Waals surface area contributed by atoms with Crippen LogP contribution in [0.3, 0.4) is 0 Å². The van der Waals surface area contributed by atoms with Crippen LogP contribution >= 0.6 is 0 Å². The van der Waals surface area contributed by atoms with Crippen LogP contribution in [-0.2, 0) is 9.59 Å². The molecule has 0 radical (unpaired) electrons. The smallest absolute Gasteiger partial charge is 0.310 e. The van der Waals surface area contributed by atoms with E-state index in [1.165, 1.54) is 6.92 Å². The Bertz CT molecular complexity index is 315. The molecule has 0 saturated carbocycles. The Balaban J connectivity index is 0.000000364. The number of carboxylic acid groups (broad SMARTS) is 1. The second-order valence-electron chi connectivity index (χ2n) is 2.48. The molecule has 0 aliphatic carbocycles. The van der Waals surface area contributed by atoms with E-state index in [4.69, 9.17) is 9.90 Å². The van der Waals surface area contributed by atoms with Crippen LogP contribution in [0.15, 0.2) is 6.20 Å². The zero-order chi connectivity index (χ0) is 11.1. The first kappa shape index (κ1) is 12.2. The quantitative estimate of drug-likeness (QED) is 0.652. The first-order chi connectivity index (χ1) is 6.41. The van der Waals surface area contributed by atoms with Gasteiger partial charge in [0.25, 0.3) is 5.97 Å². The molecule has 0 unspecified atom stereocenters. The molecule has 0 atom stereocenters. The lowest BCUT2D eigenvalue weighted by Gasteiger charge is -1.91. The van der Waals surface area contributed by atoms with Gasteiger partial charge in [0, 0.05) is 19.5 Å². The van der Waals surface area contributed by atoms with Crippen LogP contribution in [0.4, 0.5) is 0 Å². The number of rotatable bonds is 1. The summed E-state index contributed by atoms with van der Waals surface area (Å²) in [6.07, 6.45) is 1.60. The molecule has 2 N–H and O–H groups in total. The Labute approximate surface area is 80.9 Å². The topological polar surface area (TPSA) is 92.3 Å². The maximum atomic E-state index is 10.3.